The molecule has 0 saturated carbocycles. The van der Waals surface area contributed by atoms with Crippen LogP contribution in [0.2, 0.25) is 0 Å². The van der Waals surface area contributed by atoms with Gasteiger partial charge in [0.15, 0.2) is 0 Å². The third-order valence-corrected chi connectivity index (χ3v) is 2.78. The Morgan fingerprint density at radius 3 is 2.89 bits per heavy atom. The largest absolute Gasteiger partial charge is 0.445 e. The highest BCUT2D eigenvalue weighted by molar-refractivity contribution is 6.67. The average Bonchev–Trinajstić information content (AvgIpc) is 2.67. The Morgan fingerprint density at radius 2 is 2.22 bits per heavy atom. The smallest absolute Gasteiger partial charge is 0.410 e. The van der Waals surface area contributed by atoms with E-state index in [1.54, 1.807) is 0 Å². The van der Waals surface area contributed by atoms with Crippen molar-refractivity contribution in [3.8, 4) is 0 Å². The summed E-state index contributed by atoms with van der Waals surface area (Å²) in [6.07, 6.45) is -0.190. The summed E-state index contributed by atoms with van der Waals surface area (Å²) in [6, 6.07) is 0. The molecule has 0 bridgehead atoms. The fourth-order valence-electron chi connectivity index (χ4n) is 1.62. The predicted octanol–water partition coefficient (Wildman–Crippen LogP) is 1.83. The molecule has 0 atom stereocenters. The molecule has 1 aliphatic heterocycles. The van der Waals surface area contributed by atoms with Gasteiger partial charge in [0, 0.05) is 13.0 Å². The molecular weight excluding hydrogens is 306 g/mol. The second-order valence-corrected chi connectivity index (χ2v) is 6.29. The first-order valence-electron chi connectivity index (χ1n) is 5.04. The number of alkyl halides is 3. The number of fused-ring (bicyclic) bond motifs is 1. The molecule has 0 aromatic carbocycles. The van der Waals surface area contributed by atoms with E-state index in [1.165, 1.54) is 4.90 Å². The van der Waals surface area contributed by atoms with Gasteiger partial charge in [-0.1, -0.05) is 34.8 Å². The van der Waals surface area contributed by atoms with Crippen LogP contribution in [0, 0.1) is 0 Å². The number of ether oxygens (including phenoxy) is 1. The number of carbonyl (C=O) groups is 1. The Bertz CT molecular complexity index is 505. The maximum atomic E-state index is 11.7. The minimum atomic E-state index is -1.65. The summed E-state index contributed by atoms with van der Waals surface area (Å²) in [5, 5.41) is 2.22. The molecule has 18 heavy (non-hydrogen) atoms. The van der Waals surface area contributed by atoms with Crippen molar-refractivity contribution in [2.75, 3.05) is 13.2 Å². The number of carbonyl (C=O) groups excluding carboxylic acids is 1. The topological polar surface area (TPSA) is 75.5 Å². The molecule has 100 valence electrons. The number of amides is 1. The van der Waals surface area contributed by atoms with Crippen LogP contribution in [-0.2, 0) is 17.7 Å². The normalized spacial score (nSPS) is 15.4. The Hall–Kier alpha value is -0.850. The fourth-order valence-corrected chi connectivity index (χ4v) is 1.78. The van der Waals surface area contributed by atoms with Gasteiger partial charge in [-0.3, -0.25) is 4.79 Å². The van der Waals surface area contributed by atoms with Crippen LogP contribution in [0.1, 0.15) is 11.3 Å². The molecule has 2 heterocycles. The van der Waals surface area contributed by atoms with Gasteiger partial charge in [-0.15, -0.1) is 0 Å². The van der Waals surface area contributed by atoms with E-state index in [9.17, 15) is 9.59 Å². The van der Waals surface area contributed by atoms with Crippen molar-refractivity contribution >= 4 is 40.9 Å². The van der Waals surface area contributed by atoms with E-state index in [-0.39, 0.29) is 18.7 Å². The summed E-state index contributed by atoms with van der Waals surface area (Å²) >= 11 is 16.4. The Morgan fingerprint density at radius 1 is 1.50 bits per heavy atom. The van der Waals surface area contributed by atoms with Gasteiger partial charge in [-0.05, 0) is 0 Å². The first kappa shape index (κ1) is 13.6. The van der Waals surface area contributed by atoms with Crippen molar-refractivity contribution in [2.24, 2.45) is 0 Å². The summed E-state index contributed by atoms with van der Waals surface area (Å²) in [5.74, 6) is 0.561. The van der Waals surface area contributed by atoms with E-state index in [4.69, 9.17) is 44.1 Å². The van der Waals surface area contributed by atoms with Gasteiger partial charge in [0.2, 0.25) is 3.79 Å². The second-order valence-electron chi connectivity index (χ2n) is 3.78. The monoisotopic (exact) mass is 314 g/mol. The third-order valence-electron chi connectivity index (χ3n) is 2.45. The molecule has 1 amide bonds. The quantitative estimate of drug-likeness (QED) is 0.802. The summed E-state index contributed by atoms with van der Waals surface area (Å²) in [4.78, 5) is 24.4. The molecule has 0 saturated heterocycles. The SMILES string of the molecule is O=C(OCC(Cl)(Cl)Cl)N1CCc2o[nH]c(=O)c2C1. The van der Waals surface area contributed by atoms with Gasteiger partial charge in [0.05, 0.1) is 12.1 Å². The number of hydrogen-bond acceptors (Lipinski definition) is 4. The Kier molecular flexibility index (Phi) is 3.79. The van der Waals surface area contributed by atoms with Gasteiger partial charge in [-0.2, -0.15) is 5.16 Å². The van der Waals surface area contributed by atoms with Crippen molar-refractivity contribution in [1.29, 1.82) is 0 Å². The highest BCUT2D eigenvalue weighted by Gasteiger charge is 2.29. The Labute approximate surface area is 117 Å². The highest BCUT2D eigenvalue weighted by atomic mass is 35.6. The maximum Gasteiger partial charge on any atom is 0.410 e. The number of halogens is 3. The lowest BCUT2D eigenvalue weighted by atomic mass is 10.1. The molecule has 6 nitrogen and oxygen atoms in total. The number of aromatic nitrogens is 1. The zero-order valence-corrected chi connectivity index (χ0v) is 11.3. The van der Waals surface area contributed by atoms with E-state index in [1.807, 2.05) is 0 Å². The average molecular weight is 316 g/mol. The summed E-state index contributed by atoms with van der Waals surface area (Å²) < 4.78 is 8.13. The molecule has 0 unspecified atom stereocenters. The first-order valence-corrected chi connectivity index (χ1v) is 6.18. The number of nitrogens with zero attached hydrogens (tertiary/aromatic N) is 1. The molecule has 0 spiro atoms. The lowest BCUT2D eigenvalue weighted by Crippen LogP contribution is -2.38. The van der Waals surface area contributed by atoms with E-state index in [0.717, 1.165) is 0 Å². The minimum absolute atomic E-state index is 0.125. The molecule has 2 rings (SSSR count). The van der Waals surface area contributed by atoms with Crippen LogP contribution in [0.25, 0.3) is 0 Å². The molecule has 0 aliphatic carbocycles. The molecule has 1 N–H and O–H groups in total. The van der Waals surface area contributed by atoms with Crippen molar-refractivity contribution < 1.29 is 14.1 Å². The fraction of sp³-hybridized carbons (Fsp3) is 0.556. The van der Waals surface area contributed by atoms with Crippen molar-refractivity contribution in [3.05, 3.63) is 21.7 Å². The number of nitrogens with one attached hydrogen (secondary N) is 1. The predicted molar refractivity (Wildman–Crippen MR) is 65.1 cm³/mol. The van der Waals surface area contributed by atoms with Gasteiger partial charge < -0.3 is 14.2 Å². The van der Waals surface area contributed by atoms with E-state index in [0.29, 0.717) is 24.3 Å². The van der Waals surface area contributed by atoms with Gasteiger partial charge in [-0.25, -0.2) is 4.79 Å². The third kappa shape index (κ3) is 3.13. The summed E-state index contributed by atoms with van der Waals surface area (Å²) in [5.41, 5.74) is 0.0796. The van der Waals surface area contributed by atoms with Crippen molar-refractivity contribution in [2.45, 2.75) is 16.8 Å². The molecule has 1 aliphatic rings. The van der Waals surface area contributed by atoms with Crippen LogP contribution >= 0.6 is 34.8 Å². The van der Waals surface area contributed by atoms with Gasteiger partial charge >= 0.3 is 6.09 Å². The van der Waals surface area contributed by atoms with Gasteiger partial charge in [0.1, 0.15) is 12.4 Å². The zero-order valence-electron chi connectivity index (χ0n) is 9.04. The van der Waals surface area contributed by atoms with Crippen LogP contribution in [-0.4, -0.2) is 33.1 Å². The van der Waals surface area contributed by atoms with Crippen molar-refractivity contribution in [3.63, 3.8) is 0 Å². The van der Waals surface area contributed by atoms with Crippen LogP contribution < -0.4 is 5.56 Å². The molecule has 0 fully saturated rings. The Balaban J connectivity index is 1.98. The van der Waals surface area contributed by atoms with Crippen molar-refractivity contribution in [1.82, 2.24) is 10.1 Å². The number of rotatable bonds is 1. The van der Waals surface area contributed by atoms with E-state index < -0.39 is 9.89 Å². The van der Waals surface area contributed by atoms with E-state index in [2.05, 4.69) is 5.16 Å². The van der Waals surface area contributed by atoms with Crippen LogP contribution in [0.15, 0.2) is 9.32 Å². The lowest BCUT2D eigenvalue weighted by Gasteiger charge is -2.25. The standard InChI is InChI=1S/C9H9Cl3N2O4/c10-9(11,12)4-17-8(16)14-2-1-6-5(3-14)7(15)13-18-6/h1-4H2,(H,13,15). The second kappa shape index (κ2) is 5.03. The highest BCUT2D eigenvalue weighted by Crippen LogP contribution is 2.26. The minimum Gasteiger partial charge on any atom is -0.445 e. The number of aromatic amines is 1. The van der Waals surface area contributed by atoms with E-state index >= 15 is 0 Å². The number of hydrogen-bond donors (Lipinski definition) is 1. The molecule has 0 radical (unpaired) electrons. The molecular formula is C9H9Cl3N2O4. The molecule has 1 aromatic rings. The maximum absolute atomic E-state index is 11.7. The van der Waals surface area contributed by atoms with Crippen LogP contribution in [0.3, 0.4) is 0 Å². The number of H-pyrrole nitrogens is 1. The van der Waals surface area contributed by atoms with Gasteiger partial charge in [0.25, 0.3) is 5.56 Å². The van der Waals surface area contributed by atoms with Crippen LogP contribution in [0.5, 0.6) is 0 Å². The van der Waals surface area contributed by atoms with Crippen LogP contribution in [0.4, 0.5) is 4.79 Å². The summed E-state index contributed by atoms with van der Waals surface area (Å²) in [7, 11) is 0. The lowest BCUT2D eigenvalue weighted by molar-refractivity contribution is 0.0979. The first-order chi connectivity index (χ1) is 8.37. The summed E-state index contributed by atoms with van der Waals surface area (Å²) in [6.45, 7) is 0.161. The zero-order chi connectivity index (χ0) is 13.3. The molecule has 9 heteroatoms. The molecule has 1 aromatic heterocycles.